The summed E-state index contributed by atoms with van der Waals surface area (Å²) in [5.74, 6) is -0.755. The van der Waals surface area contributed by atoms with Gasteiger partial charge in [0.25, 0.3) is 0 Å². The molecule has 1 fully saturated rings. The number of aliphatic hydroxyl groups is 1. The normalized spacial score (nSPS) is 26.7. The van der Waals surface area contributed by atoms with E-state index < -0.39 is 17.7 Å². The molecule has 0 heterocycles. The van der Waals surface area contributed by atoms with Crippen LogP contribution < -0.4 is 4.74 Å². The van der Waals surface area contributed by atoms with E-state index in [2.05, 4.69) is 0 Å². The summed E-state index contributed by atoms with van der Waals surface area (Å²) in [5, 5.41) is 10.9. The Labute approximate surface area is 122 Å². The fourth-order valence-electron chi connectivity index (χ4n) is 3.36. The second-order valence-electron chi connectivity index (χ2n) is 6.01. The Bertz CT molecular complexity index is 515. The summed E-state index contributed by atoms with van der Waals surface area (Å²) in [6, 6.07) is 3.74. The first kappa shape index (κ1) is 16.1. The standard InChI is InChI=1S/C16H21F3O2/c1-10-8-11(2)14(13(9-10)21-3)15(20)6-4-12(5-7-15)16(17,18)19/h8-9,12,20H,4-7H2,1-3H3. The Morgan fingerprint density at radius 2 is 1.76 bits per heavy atom. The van der Waals surface area contributed by atoms with Crippen LogP contribution in [0.4, 0.5) is 13.2 Å². The van der Waals surface area contributed by atoms with E-state index in [4.69, 9.17) is 4.74 Å². The molecule has 1 aromatic carbocycles. The maximum Gasteiger partial charge on any atom is 0.391 e. The molecular formula is C16H21F3O2. The average Bonchev–Trinajstić information content (AvgIpc) is 2.36. The van der Waals surface area contributed by atoms with Gasteiger partial charge in [0.15, 0.2) is 0 Å². The van der Waals surface area contributed by atoms with Crippen molar-refractivity contribution >= 4 is 0 Å². The van der Waals surface area contributed by atoms with Crippen molar-refractivity contribution in [3.05, 3.63) is 28.8 Å². The van der Waals surface area contributed by atoms with Gasteiger partial charge in [-0.2, -0.15) is 13.2 Å². The molecule has 0 spiro atoms. The minimum atomic E-state index is -4.17. The van der Waals surface area contributed by atoms with Gasteiger partial charge in [-0.25, -0.2) is 0 Å². The SMILES string of the molecule is COc1cc(C)cc(C)c1C1(O)CCC(C(F)(F)F)CC1. The zero-order chi connectivity index (χ0) is 15.8. The van der Waals surface area contributed by atoms with Crippen molar-refractivity contribution < 1.29 is 23.0 Å². The summed E-state index contributed by atoms with van der Waals surface area (Å²) < 4.78 is 43.6. The fourth-order valence-corrected chi connectivity index (χ4v) is 3.36. The van der Waals surface area contributed by atoms with Crippen LogP contribution in [-0.2, 0) is 5.60 Å². The molecule has 0 amide bonds. The topological polar surface area (TPSA) is 29.5 Å². The number of ether oxygens (including phenoxy) is 1. The Balaban J connectivity index is 2.31. The summed E-state index contributed by atoms with van der Waals surface area (Å²) in [4.78, 5) is 0. The molecule has 0 aliphatic heterocycles. The molecule has 1 aliphatic rings. The van der Waals surface area contributed by atoms with Gasteiger partial charge in [-0.1, -0.05) is 6.07 Å². The Kier molecular flexibility index (Phi) is 4.24. The minimum absolute atomic E-state index is 0.0452. The third kappa shape index (κ3) is 3.18. The monoisotopic (exact) mass is 302 g/mol. The van der Waals surface area contributed by atoms with Crippen LogP contribution in [0, 0.1) is 19.8 Å². The molecule has 5 heteroatoms. The highest BCUT2D eigenvalue weighted by atomic mass is 19.4. The predicted octanol–water partition coefficient (Wildman–Crippen LogP) is 4.25. The van der Waals surface area contributed by atoms with Crippen LogP contribution in [0.15, 0.2) is 12.1 Å². The van der Waals surface area contributed by atoms with E-state index in [9.17, 15) is 18.3 Å². The highest BCUT2D eigenvalue weighted by molar-refractivity contribution is 5.46. The van der Waals surface area contributed by atoms with Gasteiger partial charge in [0.2, 0.25) is 0 Å². The number of hydrogen-bond acceptors (Lipinski definition) is 2. The third-order valence-electron chi connectivity index (χ3n) is 4.40. The molecule has 0 radical (unpaired) electrons. The second-order valence-corrected chi connectivity index (χ2v) is 6.01. The Morgan fingerprint density at radius 1 is 1.19 bits per heavy atom. The molecule has 1 N–H and O–H groups in total. The van der Waals surface area contributed by atoms with Gasteiger partial charge in [-0.05, 0) is 56.7 Å². The molecule has 1 aliphatic carbocycles. The fraction of sp³-hybridized carbons (Fsp3) is 0.625. The molecule has 0 saturated heterocycles. The van der Waals surface area contributed by atoms with Gasteiger partial charge < -0.3 is 9.84 Å². The summed E-state index contributed by atoms with van der Waals surface area (Å²) >= 11 is 0. The van der Waals surface area contributed by atoms with Crippen molar-refractivity contribution in [2.45, 2.75) is 51.3 Å². The molecular weight excluding hydrogens is 281 g/mol. The Hall–Kier alpha value is -1.23. The maximum atomic E-state index is 12.8. The van der Waals surface area contributed by atoms with Crippen molar-refractivity contribution in [2.24, 2.45) is 5.92 Å². The van der Waals surface area contributed by atoms with Gasteiger partial charge in [-0.3, -0.25) is 0 Å². The smallest absolute Gasteiger partial charge is 0.391 e. The van der Waals surface area contributed by atoms with Gasteiger partial charge in [0.05, 0.1) is 18.6 Å². The number of hydrogen-bond donors (Lipinski definition) is 1. The molecule has 0 aromatic heterocycles. The van der Waals surface area contributed by atoms with Gasteiger partial charge in [-0.15, -0.1) is 0 Å². The average molecular weight is 302 g/mol. The maximum absolute atomic E-state index is 12.8. The molecule has 118 valence electrons. The van der Waals surface area contributed by atoms with Crippen molar-refractivity contribution in [2.75, 3.05) is 7.11 Å². The van der Waals surface area contributed by atoms with Crippen LogP contribution in [-0.4, -0.2) is 18.4 Å². The van der Waals surface area contributed by atoms with Crippen LogP contribution in [0.3, 0.4) is 0 Å². The van der Waals surface area contributed by atoms with Crippen molar-refractivity contribution in [3.8, 4) is 5.75 Å². The number of alkyl halides is 3. The van der Waals surface area contributed by atoms with Crippen LogP contribution in [0.1, 0.15) is 42.4 Å². The van der Waals surface area contributed by atoms with Gasteiger partial charge >= 0.3 is 6.18 Å². The molecule has 0 unspecified atom stereocenters. The molecule has 2 rings (SSSR count). The first-order valence-corrected chi connectivity index (χ1v) is 7.12. The highest BCUT2D eigenvalue weighted by Gasteiger charge is 2.46. The number of halogens is 3. The highest BCUT2D eigenvalue weighted by Crippen LogP contribution is 2.48. The second kappa shape index (κ2) is 5.52. The third-order valence-corrected chi connectivity index (χ3v) is 4.40. The van der Waals surface area contributed by atoms with E-state index >= 15 is 0 Å². The lowest BCUT2D eigenvalue weighted by molar-refractivity contribution is -0.193. The predicted molar refractivity (Wildman–Crippen MR) is 74.4 cm³/mol. The zero-order valence-electron chi connectivity index (χ0n) is 12.5. The first-order chi connectivity index (χ1) is 9.67. The molecule has 0 bridgehead atoms. The van der Waals surface area contributed by atoms with Crippen LogP contribution in [0.2, 0.25) is 0 Å². The van der Waals surface area contributed by atoms with Crippen molar-refractivity contribution in [1.29, 1.82) is 0 Å². The molecule has 2 nitrogen and oxygen atoms in total. The van der Waals surface area contributed by atoms with Crippen LogP contribution in [0.25, 0.3) is 0 Å². The van der Waals surface area contributed by atoms with E-state index in [0.29, 0.717) is 11.3 Å². The molecule has 1 aromatic rings. The van der Waals surface area contributed by atoms with Crippen molar-refractivity contribution in [3.63, 3.8) is 0 Å². The lowest BCUT2D eigenvalue weighted by Crippen LogP contribution is -2.37. The first-order valence-electron chi connectivity index (χ1n) is 7.12. The van der Waals surface area contributed by atoms with E-state index in [1.165, 1.54) is 7.11 Å². The minimum Gasteiger partial charge on any atom is -0.496 e. The zero-order valence-corrected chi connectivity index (χ0v) is 12.5. The lowest BCUT2D eigenvalue weighted by atomic mass is 9.73. The lowest BCUT2D eigenvalue weighted by Gasteiger charge is -2.38. The van der Waals surface area contributed by atoms with E-state index in [1.54, 1.807) is 0 Å². The number of rotatable bonds is 2. The van der Waals surface area contributed by atoms with E-state index in [-0.39, 0.29) is 25.7 Å². The molecule has 0 atom stereocenters. The number of aryl methyl sites for hydroxylation is 2. The number of methoxy groups -OCH3 is 1. The van der Waals surface area contributed by atoms with E-state index in [1.807, 2.05) is 26.0 Å². The summed E-state index contributed by atoms with van der Waals surface area (Å²) in [7, 11) is 1.52. The van der Waals surface area contributed by atoms with Gasteiger partial charge in [0, 0.05) is 5.56 Å². The van der Waals surface area contributed by atoms with Crippen molar-refractivity contribution in [1.82, 2.24) is 0 Å². The largest absolute Gasteiger partial charge is 0.496 e. The number of benzene rings is 1. The Morgan fingerprint density at radius 3 is 2.24 bits per heavy atom. The quantitative estimate of drug-likeness (QED) is 0.885. The van der Waals surface area contributed by atoms with E-state index in [0.717, 1.165) is 11.1 Å². The van der Waals surface area contributed by atoms with Crippen LogP contribution >= 0.6 is 0 Å². The summed E-state index contributed by atoms with van der Waals surface area (Å²) in [6.45, 7) is 3.78. The van der Waals surface area contributed by atoms with Crippen LogP contribution in [0.5, 0.6) is 5.75 Å². The molecule has 1 saturated carbocycles. The summed E-state index contributed by atoms with van der Waals surface area (Å²) in [5.41, 5.74) is 1.27. The molecule has 21 heavy (non-hydrogen) atoms. The van der Waals surface area contributed by atoms with Gasteiger partial charge in [0.1, 0.15) is 5.75 Å². The summed E-state index contributed by atoms with van der Waals surface area (Å²) in [6.07, 6.45) is -4.05.